The van der Waals surface area contributed by atoms with Gasteiger partial charge in [0.15, 0.2) is 0 Å². The first-order valence-electron chi connectivity index (χ1n) is 5.54. The molecule has 0 atom stereocenters. The van der Waals surface area contributed by atoms with Gasteiger partial charge in [-0.2, -0.15) is 0 Å². The predicted octanol–water partition coefficient (Wildman–Crippen LogP) is 4.35. The van der Waals surface area contributed by atoms with Gasteiger partial charge >= 0.3 is 0 Å². The van der Waals surface area contributed by atoms with Crippen molar-refractivity contribution in [2.45, 2.75) is 34.1 Å². The fourth-order valence-electron chi connectivity index (χ4n) is 2.22. The van der Waals surface area contributed by atoms with Crippen LogP contribution in [0.2, 0.25) is 0 Å². The SMILES string of the molecule is CC1=C(c2cc(C)c(C)cc2C)CC=C1. The fourth-order valence-corrected chi connectivity index (χ4v) is 2.22. The predicted molar refractivity (Wildman–Crippen MR) is 67.0 cm³/mol. The maximum Gasteiger partial charge on any atom is -0.00856 e. The summed E-state index contributed by atoms with van der Waals surface area (Å²) in [6, 6.07) is 4.62. The van der Waals surface area contributed by atoms with Gasteiger partial charge in [-0.1, -0.05) is 24.3 Å². The third-order valence-electron chi connectivity index (χ3n) is 3.33. The van der Waals surface area contributed by atoms with Crippen LogP contribution in [0, 0.1) is 20.8 Å². The lowest BCUT2D eigenvalue weighted by Gasteiger charge is -2.12. The minimum absolute atomic E-state index is 1.09. The molecule has 0 aliphatic heterocycles. The second kappa shape index (κ2) is 3.69. The Labute approximate surface area is 92.3 Å². The molecule has 0 aromatic heterocycles. The van der Waals surface area contributed by atoms with Crippen molar-refractivity contribution in [3.63, 3.8) is 0 Å². The summed E-state index contributed by atoms with van der Waals surface area (Å²) >= 11 is 0. The monoisotopic (exact) mass is 198 g/mol. The van der Waals surface area contributed by atoms with E-state index in [9.17, 15) is 0 Å². The van der Waals surface area contributed by atoms with Crippen LogP contribution in [-0.4, -0.2) is 0 Å². The van der Waals surface area contributed by atoms with Crippen molar-refractivity contribution in [2.75, 3.05) is 0 Å². The summed E-state index contributed by atoms with van der Waals surface area (Å²) in [5, 5.41) is 0. The van der Waals surface area contributed by atoms with Crippen LogP contribution in [0.3, 0.4) is 0 Å². The Morgan fingerprint density at radius 2 is 1.53 bits per heavy atom. The molecule has 0 N–H and O–H groups in total. The molecule has 2 rings (SSSR count). The molecule has 0 heterocycles. The van der Waals surface area contributed by atoms with Crippen molar-refractivity contribution in [3.8, 4) is 0 Å². The van der Waals surface area contributed by atoms with E-state index in [1.165, 1.54) is 33.4 Å². The first-order valence-corrected chi connectivity index (χ1v) is 5.54. The number of hydrogen-bond donors (Lipinski definition) is 0. The topological polar surface area (TPSA) is 0 Å². The molecule has 0 saturated carbocycles. The highest BCUT2D eigenvalue weighted by Gasteiger charge is 2.11. The summed E-state index contributed by atoms with van der Waals surface area (Å²) in [6.45, 7) is 8.78. The largest absolute Gasteiger partial charge is 0.0798 e. The van der Waals surface area contributed by atoms with Gasteiger partial charge in [0.2, 0.25) is 0 Å². The minimum Gasteiger partial charge on any atom is -0.0798 e. The maximum atomic E-state index is 2.33. The van der Waals surface area contributed by atoms with Crippen LogP contribution < -0.4 is 0 Å². The maximum absolute atomic E-state index is 2.33. The van der Waals surface area contributed by atoms with Crippen molar-refractivity contribution in [1.82, 2.24) is 0 Å². The van der Waals surface area contributed by atoms with Gasteiger partial charge in [-0.15, -0.1) is 0 Å². The van der Waals surface area contributed by atoms with E-state index in [1.54, 1.807) is 0 Å². The smallest absolute Gasteiger partial charge is 0.00856 e. The molecule has 1 aromatic carbocycles. The van der Waals surface area contributed by atoms with Crippen LogP contribution in [-0.2, 0) is 0 Å². The Morgan fingerprint density at radius 1 is 0.867 bits per heavy atom. The second-order valence-electron chi connectivity index (χ2n) is 4.52. The summed E-state index contributed by atoms with van der Waals surface area (Å²) < 4.78 is 0. The van der Waals surface area contributed by atoms with E-state index < -0.39 is 0 Å². The lowest BCUT2D eigenvalue weighted by molar-refractivity contribution is 1.26. The standard InChI is InChI=1S/C15H18/c1-10-6-5-7-14(10)15-9-12(3)11(2)8-13(15)4/h5-6,8-9H,7H2,1-4H3. The average molecular weight is 198 g/mol. The van der Waals surface area contributed by atoms with Crippen molar-refractivity contribution >= 4 is 5.57 Å². The van der Waals surface area contributed by atoms with E-state index in [2.05, 4.69) is 52.0 Å². The summed E-state index contributed by atoms with van der Waals surface area (Å²) in [5.74, 6) is 0. The molecule has 0 spiro atoms. The highest BCUT2D eigenvalue weighted by Crippen LogP contribution is 2.31. The van der Waals surface area contributed by atoms with Crippen LogP contribution in [0.4, 0.5) is 0 Å². The highest BCUT2D eigenvalue weighted by molar-refractivity contribution is 5.76. The average Bonchev–Trinajstić information content (AvgIpc) is 2.58. The molecule has 0 heteroatoms. The molecule has 0 saturated heterocycles. The molecule has 1 aliphatic carbocycles. The van der Waals surface area contributed by atoms with E-state index in [0.29, 0.717) is 0 Å². The van der Waals surface area contributed by atoms with Crippen LogP contribution >= 0.6 is 0 Å². The molecular weight excluding hydrogens is 180 g/mol. The lowest BCUT2D eigenvalue weighted by Crippen LogP contribution is -1.92. The van der Waals surface area contributed by atoms with E-state index in [-0.39, 0.29) is 0 Å². The Hall–Kier alpha value is -1.30. The van der Waals surface area contributed by atoms with E-state index in [4.69, 9.17) is 0 Å². The Bertz CT molecular complexity index is 459. The van der Waals surface area contributed by atoms with E-state index in [1.807, 2.05) is 0 Å². The quantitative estimate of drug-likeness (QED) is 0.629. The number of hydrogen-bond acceptors (Lipinski definition) is 0. The molecule has 0 fully saturated rings. The summed E-state index contributed by atoms with van der Waals surface area (Å²) in [5.41, 5.74) is 8.52. The van der Waals surface area contributed by atoms with Crippen molar-refractivity contribution in [2.24, 2.45) is 0 Å². The molecule has 1 aromatic rings. The summed E-state index contributed by atoms with van der Waals surface area (Å²) in [4.78, 5) is 0. The Morgan fingerprint density at radius 3 is 2.13 bits per heavy atom. The van der Waals surface area contributed by atoms with Crippen molar-refractivity contribution in [3.05, 3.63) is 52.1 Å². The molecular formula is C15H18. The van der Waals surface area contributed by atoms with Gasteiger partial charge in [0.05, 0.1) is 0 Å². The number of rotatable bonds is 1. The third-order valence-corrected chi connectivity index (χ3v) is 3.33. The van der Waals surface area contributed by atoms with Crippen molar-refractivity contribution < 1.29 is 0 Å². The Balaban J connectivity index is 2.55. The van der Waals surface area contributed by atoms with Crippen LogP contribution in [0.5, 0.6) is 0 Å². The Kier molecular flexibility index (Phi) is 2.52. The number of allylic oxidation sites excluding steroid dienone is 4. The second-order valence-corrected chi connectivity index (χ2v) is 4.52. The van der Waals surface area contributed by atoms with Gasteiger partial charge < -0.3 is 0 Å². The molecule has 15 heavy (non-hydrogen) atoms. The van der Waals surface area contributed by atoms with Gasteiger partial charge in [0, 0.05) is 0 Å². The first kappa shape index (κ1) is 10.2. The van der Waals surface area contributed by atoms with Gasteiger partial charge in [-0.3, -0.25) is 0 Å². The number of benzene rings is 1. The van der Waals surface area contributed by atoms with Gasteiger partial charge in [-0.25, -0.2) is 0 Å². The van der Waals surface area contributed by atoms with Crippen molar-refractivity contribution in [1.29, 1.82) is 0 Å². The zero-order valence-corrected chi connectivity index (χ0v) is 10.0. The van der Waals surface area contributed by atoms with Crippen LogP contribution in [0.25, 0.3) is 5.57 Å². The van der Waals surface area contributed by atoms with Gasteiger partial charge in [-0.05, 0) is 67.5 Å². The highest BCUT2D eigenvalue weighted by atomic mass is 14.2. The van der Waals surface area contributed by atoms with Gasteiger partial charge in [0.1, 0.15) is 0 Å². The molecule has 0 unspecified atom stereocenters. The summed E-state index contributed by atoms with van der Waals surface area (Å²) in [7, 11) is 0. The zero-order chi connectivity index (χ0) is 11.0. The minimum atomic E-state index is 1.09. The fraction of sp³-hybridized carbons (Fsp3) is 0.333. The molecule has 0 radical (unpaired) electrons. The van der Waals surface area contributed by atoms with Crippen LogP contribution in [0.15, 0.2) is 29.9 Å². The zero-order valence-electron chi connectivity index (χ0n) is 10.0. The van der Waals surface area contributed by atoms with Gasteiger partial charge in [0.25, 0.3) is 0 Å². The summed E-state index contributed by atoms with van der Waals surface area (Å²) in [6.07, 6.45) is 5.57. The normalized spacial score (nSPS) is 15.2. The van der Waals surface area contributed by atoms with E-state index in [0.717, 1.165) is 6.42 Å². The molecule has 0 nitrogen and oxygen atoms in total. The molecule has 0 bridgehead atoms. The molecule has 78 valence electrons. The molecule has 1 aliphatic rings. The third kappa shape index (κ3) is 1.77. The first-order chi connectivity index (χ1) is 7.09. The lowest BCUT2D eigenvalue weighted by atomic mass is 9.93. The number of aryl methyl sites for hydroxylation is 3. The van der Waals surface area contributed by atoms with E-state index >= 15 is 0 Å². The van der Waals surface area contributed by atoms with Crippen LogP contribution in [0.1, 0.15) is 35.6 Å². The molecule has 0 amide bonds.